The second kappa shape index (κ2) is 6.52. The molecule has 1 aromatic heterocycles. The second-order valence-corrected chi connectivity index (χ2v) is 6.08. The molecule has 2 heterocycles. The van der Waals surface area contributed by atoms with Crippen LogP contribution in [0.25, 0.3) is 0 Å². The Balaban J connectivity index is 1.53. The Morgan fingerprint density at radius 3 is 2.76 bits per heavy atom. The van der Waals surface area contributed by atoms with Crippen LogP contribution in [0.15, 0.2) is 12.4 Å². The highest BCUT2D eigenvalue weighted by Gasteiger charge is 2.29. The fraction of sp³-hybridized carbons (Fsp3) is 0.688. The van der Waals surface area contributed by atoms with E-state index in [2.05, 4.69) is 16.9 Å². The van der Waals surface area contributed by atoms with Crippen molar-refractivity contribution in [1.82, 2.24) is 14.9 Å². The first-order valence-corrected chi connectivity index (χ1v) is 7.97. The minimum atomic E-state index is 0.0512. The lowest BCUT2D eigenvalue weighted by Crippen LogP contribution is -2.29. The summed E-state index contributed by atoms with van der Waals surface area (Å²) in [4.78, 5) is 23.0. The number of carbonyl (C=O) groups excluding carboxylic acids is 1. The van der Waals surface area contributed by atoms with E-state index < -0.39 is 0 Å². The molecule has 1 saturated carbocycles. The van der Waals surface area contributed by atoms with E-state index in [0.29, 0.717) is 17.4 Å². The van der Waals surface area contributed by atoms with Crippen molar-refractivity contribution >= 4 is 5.91 Å². The number of amides is 1. The molecule has 1 saturated heterocycles. The van der Waals surface area contributed by atoms with Gasteiger partial charge in [0.2, 0.25) is 0 Å². The number of aromatic nitrogens is 2. The van der Waals surface area contributed by atoms with Gasteiger partial charge < -0.3 is 9.64 Å². The van der Waals surface area contributed by atoms with Gasteiger partial charge in [-0.15, -0.1) is 0 Å². The van der Waals surface area contributed by atoms with Gasteiger partial charge >= 0.3 is 0 Å². The second-order valence-electron chi connectivity index (χ2n) is 6.08. The van der Waals surface area contributed by atoms with Gasteiger partial charge in [0, 0.05) is 43.9 Å². The highest BCUT2D eigenvalue weighted by atomic mass is 16.5. The summed E-state index contributed by atoms with van der Waals surface area (Å²) in [6.45, 7) is 5.27. The molecule has 2 fully saturated rings. The Morgan fingerprint density at radius 1 is 1.33 bits per heavy atom. The maximum atomic E-state index is 12.4. The number of carbonyl (C=O) groups is 1. The van der Waals surface area contributed by atoms with Gasteiger partial charge in [-0.2, -0.15) is 0 Å². The van der Waals surface area contributed by atoms with Crippen LogP contribution in [0, 0.1) is 5.92 Å². The lowest BCUT2D eigenvalue weighted by molar-refractivity contribution is 0.0753. The molecule has 0 bridgehead atoms. The Bertz CT molecular complexity index is 485. The van der Waals surface area contributed by atoms with Crippen LogP contribution >= 0.6 is 0 Å². The van der Waals surface area contributed by atoms with Crippen LogP contribution in [0.5, 0.6) is 0 Å². The fourth-order valence-electron chi connectivity index (χ4n) is 2.73. The summed E-state index contributed by atoms with van der Waals surface area (Å²) in [6.07, 6.45) is 7.79. The van der Waals surface area contributed by atoms with Gasteiger partial charge in [0.15, 0.2) is 0 Å². The van der Waals surface area contributed by atoms with Crippen molar-refractivity contribution in [3.8, 4) is 0 Å². The molecule has 1 aliphatic heterocycles. The molecule has 1 atom stereocenters. The summed E-state index contributed by atoms with van der Waals surface area (Å²) in [7, 11) is 0. The van der Waals surface area contributed by atoms with Gasteiger partial charge in [-0.05, 0) is 25.7 Å². The van der Waals surface area contributed by atoms with Crippen LogP contribution in [-0.2, 0) is 4.74 Å². The molecule has 1 aromatic rings. The predicted molar refractivity (Wildman–Crippen MR) is 79.1 cm³/mol. The lowest BCUT2D eigenvalue weighted by atomic mass is 10.1. The summed E-state index contributed by atoms with van der Waals surface area (Å²) in [5, 5.41) is 0. The van der Waals surface area contributed by atoms with Crippen molar-refractivity contribution in [1.29, 1.82) is 0 Å². The smallest absolute Gasteiger partial charge is 0.257 e. The van der Waals surface area contributed by atoms with Crippen LogP contribution in [0.3, 0.4) is 0 Å². The predicted octanol–water partition coefficient (Wildman–Crippen LogP) is 2.24. The first kappa shape index (κ1) is 14.4. The van der Waals surface area contributed by atoms with Crippen molar-refractivity contribution in [3.63, 3.8) is 0 Å². The third-order valence-corrected chi connectivity index (χ3v) is 4.14. The molecule has 0 aromatic carbocycles. The highest BCUT2D eigenvalue weighted by molar-refractivity contribution is 5.93. The van der Waals surface area contributed by atoms with E-state index in [9.17, 15) is 4.79 Å². The van der Waals surface area contributed by atoms with Crippen molar-refractivity contribution in [3.05, 3.63) is 23.8 Å². The largest absolute Gasteiger partial charge is 0.381 e. The summed E-state index contributed by atoms with van der Waals surface area (Å²) in [6, 6.07) is 0. The zero-order valence-corrected chi connectivity index (χ0v) is 12.6. The molecule has 1 amide bonds. The summed E-state index contributed by atoms with van der Waals surface area (Å²) < 4.78 is 5.59. The van der Waals surface area contributed by atoms with Crippen LogP contribution in [-0.4, -0.2) is 47.1 Å². The fourth-order valence-corrected chi connectivity index (χ4v) is 2.73. The van der Waals surface area contributed by atoms with E-state index in [4.69, 9.17) is 4.74 Å². The quantitative estimate of drug-likeness (QED) is 0.754. The molecule has 5 nitrogen and oxygen atoms in total. The summed E-state index contributed by atoms with van der Waals surface area (Å²) in [5.74, 6) is 1.93. The van der Waals surface area contributed by atoms with Crippen molar-refractivity contribution in [2.24, 2.45) is 5.92 Å². The molecule has 1 unspecified atom stereocenters. The number of likely N-dealkylation sites (tertiary alicyclic amines) is 1. The van der Waals surface area contributed by atoms with Crippen molar-refractivity contribution in [2.45, 2.75) is 38.5 Å². The first-order chi connectivity index (χ1) is 10.3. The SMILES string of the molecule is CCCOCC1CCN(C(=O)c2cnc(C3CC3)nc2)C1. The van der Waals surface area contributed by atoms with E-state index >= 15 is 0 Å². The molecular formula is C16H23N3O2. The number of rotatable bonds is 6. The van der Waals surface area contributed by atoms with Gasteiger partial charge in [0.05, 0.1) is 12.2 Å². The number of nitrogens with zero attached hydrogens (tertiary/aromatic N) is 3. The zero-order valence-electron chi connectivity index (χ0n) is 12.6. The molecule has 114 valence electrons. The van der Waals surface area contributed by atoms with Crippen LogP contribution in [0.4, 0.5) is 0 Å². The van der Waals surface area contributed by atoms with E-state index in [0.717, 1.165) is 45.0 Å². The topological polar surface area (TPSA) is 55.3 Å². The van der Waals surface area contributed by atoms with Crippen molar-refractivity contribution < 1.29 is 9.53 Å². The van der Waals surface area contributed by atoms with E-state index in [1.807, 2.05) is 4.90 Å². The van der Waals surface area contributed by atoms with E-state index in [1.165, 1.54) is 12.8 Å². The summed E-state index contributed by atoms with van der Waals surface area (Å²) in [5.41, 5.74) is 0.606. The summed E-state index contributed by atoms with van der Waals surface area (Å²) >= 11 is 0. The minimum Gasteiger partial charge on any atom is -0.381 e. The molecule has 2 aliphatic rings. The molecule has 0 spiro atoms. The van der Waals surface area contributed by atoms with Crippen LogP contribution in [0.1, 0.15) is 54.7 Å². The molecule has 0 radical (unpaired) electrons. The van der Waals surface area contributed by atoms with Gasteiger partial charge in [-0.25, -0.2) is 9.97 Å². The van der Waals surface area contributed by atoms with E-state index in [-0.39, 0.29) is 5.91 Å². The normalized spacial score (nSPS) is 21.8. The van der Waals surface area contributed by atoms with Gasteiger partial charge in [0.25, 0.3) is 5.91 Å². The Labute approximate surface area is 125 Å². The monoisotopic (exact) mass is 289 g/mol. The Morgan fingerprint density at radius 2 is 2.10 bits per heavy atom. The van der Waals surface area contributed by atoms with Gasteiger partial charge in [-0.1, -0.05) is 6.92 Å². The molecular weight excluding hydrogens is 266 g/mol. The average Bonchev–Trinajstić information content (AvgIpc) is 3.26. The Hall–Kier alpha value is -1.49. The average molecular weight is 289 g/mol. The third kappa shape index (κ3) is 3.59. The van der Waals surface area contributed by atoms with Crippen LogP contribution < -0.4 is 0 Å². The molecule has 0 N–H and O–H groups in total. The molecule has 21 heavy (non-hydrogen) atoms. The molecule has 1 aliphatic carbocycles. The number of ether oxygens (including phenoxy) is 1. The standard InChI is InChI=1S/C16H23N3O2/c1-2-7-21-11-12-5-6-19(10-12)16(20)14-8-17-15(18-9-14)13-3-4-13/h8-9,12-13H,2-7,10-11H2,1H3. The zero-order chi connectivity index (χ0) is 14.7. The highest BCUT2D eigenvalue weighted by Crippen LogP contribution is 2.37. The number of hydrogen-bond donors (Lipinski definition) is 0. The minimum absolute atomic E-state index is 0.0512. The van der Waals surface area contributed by atoms with E-state index in [1.54, 1.807) is 12.4 Å². The van der Waals surface area contributed by atoms with Gasteiger partial charge in [0.1, 0.15) is 5.82 Å². The van der Waals surface area contributed by atoms with Gasteiger partial charge in [-0.3, -0.25) is 4.79 Å². The third-order valence-electron chi connectivity index (χ3n) is 4.14. The molecule has 5 heteroatoms. The van der Waals surface area contributed by atoms with Crippen molar-refractivity contribution in [2.75, 3.05) is 26.3 Å². The molecule has 3 rings (SSSR count). The Kier molecular flexibility index (Phi) is 4.48. The lowest BCUT2D eigenvalue weighted by Gasteiger charge is -2.16. The number of hydrogen-bond acceptors (Lipinski definition) is 4. The van der Waals surface area contributed by atoms with Crippen LogP contribution in [0.2, 0.25) is 0 Å². The maximum absolute atomic E-state index is 12.4. The first-order valence-electron chi connectivity index (χ1n) is 7.97. The maximum Gasteiger partial charge on any atom is 0.257 e.